The molecule has 17 heavy (non-hydrogen) atoms. The second-order valence-corrected chi connectivity index (χ2v) is 3.73. The first kappa shape index (κ1) is 13.0. The van der Waals surface area contributed by atoms with Crippen molar-refractivity contribution in [2.75, 3.05) is 7.11 Å². The van der Waals surface area contributed by atoms with Crippen LogP contribution in [-0.4, -0.2) is 18.2 Å². The van der Waals surface area contributed by atoms with Gasteiger partial charge < -0.3 is 9.84 Å². The molecule has 0 saturated carbocycles. The molecule has 0 saturated heterocycles. The van der Waals surface area contributed by atoms with E-state index in [2.05, 4.69) is 6.58 Å². The summed E-state index contributed by atoms with van der Waals surface area (Å²) in [5, 5.41) is 8.93. The van der Waals surface area contributed by atoms with Gasteiger partial charge in [0, 0.05) is 0 Å². The summed E-state index contributed by atoms with van der Waals surface area (Å²) in [6, 6.07) is 7.39. The van der Waals surface area contributed by atoms with Gasteiger partial charge in [-0.05, 0) is 24.1 Å². The minimum atomic E-state index is -0.826. The van der Waals surface area contributed by atoms with E-state index in [9.17, 15) is 4.79 Å². The van der Waals surface area contributed by atoms with Crippen LogP contribution in [0.3, 0.4) is 0 Å². The third-order valence-corrected chi connectivity index (χ3v) is 2.50. The first-order valence-electron chi connectivity index (χ1n) is 5.28. The van der Waals surface area contributed by atoms with Crippen LogP contribution >= 0.6 is 0 Å². The maximum atomic E-state index is 10.9. The standard InChI is InChI=1S/C14H16O3/c1-10(17-3)7-8-12-5-4-6-13(9-12)11(2)14(15)16/h4-9,11H,1H2,2-3H3,(H,15,16)/b8-7-. The van der Waals surface area contributed by atoms with Crippen LogP contribution < -0.4 is 0 Å². The molecule has 1 atom stereocenters. The Labute approximate surface area is 101 Å². The second-order valence-electron chi connectivity index (χ2n) is 3.73. The number of hydrogen-bond donors (Lipinski definition) is 1. The van der Waals surface area contributed by atoms with Gasteiger partial charge in [-0.2, -0.15) is 0 Å². The Hall–Kier alpha value is -2.03. The zero-order valence-electron chi connectivity index (χ0n) is 10.0. The number of hydrogen-bond acceptors (Lipinski definition) is 2. The molecule has 1 aromatic carbocycles. The average molecular weight is 232 g/mol. The third-order valence-electron chi connectivity index (χ3n) is 2.50. The van der Waals surface area contributed by atoms with E-state index < -0.39 is 11.9 Å². The fourth-order valence-corrected chi connectivity index (χ4v) is 1.33. The van der Waals surface area contributed by atoms with Crippen LogP contribution in [-0.2, 0) is 9.53 Å². The van der Waals surface area contributed by atoms with Crippen molar-refractivity contribution in [2.45, 2.75) is 12.8 Å². The van der Waals surface area contributed by atoms with Gasteiger partial charge >= 0.3 is 5.97 Å². The van der Waals surface area contributed by atoms with E-state index in [1.807, 2.05) is 24.3 Å². The van der Waals surface area contributed by atoms with Gasteiger partial charge in [-0.15, -0.1) is 0 Å². The summed E-state index contributed by atoms with van der Waals surface area (Å²) in [4.78, 5) is 10.9. The number of aliphatic carboxylic acids is 1. The maximum Gasteiger partial charge on any atom is 0.310 e. The zero-order valence-corrected chi connectivity index (χ0v) is 10.0. The van der Waals surface area contributed by atoms with Crippen molar-refractivity contribution in [3.05, 3.63) is 53.8 Å². The summed E-state index contributed by atoms with van der Waals surface area (Å²) in [6.07, 6.45) is 3.58. The van der Waals surface area contributed by atoms with Gasteiger partial charge in [0.15, 0.2) is 0 Å². The molecule has 0 spiro atoms. The number of ether oxygens (including phenoxy) is 1. The molecule has 0 aliphatic carbocycles. The molecule has 0 aromatic heterocycles. The zero-order chi connectivity index (χ0) is 12.8. The lowest BCUT2D eigenvalue weighted by Gasteiger charge is -2.07. The number of methoxy groups -OCH3 is 1. The van der Waals surface area contributed by atoms with Crippen molar-refractivity contribution >= 4 is 12.0 Å². The van der Waals surface area contributed by atoms with Crippen molar-refractivity contribution in [3.8, 4) is 0 Å². The molecule has 1 N–H and O–H groups in total. The molecule has 0 bridgehead atoms. The number of carboxylic acids is 1. The fraction of sp³-hybridized carbons (Fsp3) is 0.214. The Kier molecular flexibility index (Phi) is 4.52. The summed E-state index contributed by atoms with van der Waals surface area (Å²) in [5.41, 5.74) is 1.71. The summed E-state index contributed by atoms with van der Waals surface area (Å²) in [6.45, 7) is 5.34. The highest BCUT2D eigenvalue weighted by molar-refractivity contribution is 5.75. The fourth-order valence-electron chi connectivity index (χ4n) is 1.33. The van der Waals surface area contributed by atoms with Gasteiger partial charge in [-0.1, -0.05) is 36.9 Å². The summed E-state index contributed by atoms with van der Waals surface area (Å²) in [5.74, 6) is -0.775. The quantitative estimate of drug-likeness (QED) is 0.627. The SMILES string of the molecule is C=C(/C=C\c1cccc(C(C)C(=O)O)c1)OC. The van der Waals surface area contributed by atoms with Gasteiger partial charge in [-0.25, -0.2) is 0 Å². The van der Waals surface area contributed by atoms with Crippen molar-refractivity contribution < 1.29 is 14.6 Å². The highest BCUT2D eigenvalue weighted by Crippen LogP contribution is 2.17. The van der Waals surface area contributed by atoms with Crippen molar-refractivity contribution in [1.82, 2.24) is 0 Å². The Balaban J connectivity index is 2.90. The lowest BCUT2D eigenvalue weighted by atomic mass is 9.99. The Morgan fingerprint density at radius 1 is 1.53 bits per heavy atom. The lowest BCUT2D eigenvalue weighted by molar-refractivity contribution is -0.138. The molecular weight excluding hydrogens is 216 g/mol. The first-order valence-corrected chi connectivity index (χ1v) is 5.28. The smallest absolute Gasteiger partial charge is 0.310 e. The molecule has 0 amide bonds. The van der Waals surface area contributed by atoms with E-state index in [0.29, 0.717) is 5.76 Å². The van der Waals surface area contributed by atoms with Crippen LogP contribution in [0.15, 0.2) is 42.7 Å². The minimum absolute atomic E-state index is 0.506. The van der Waals surface area contributed by atoms with Gasteiger partial charge in [0.25, 0.3) is 0 Å². The average Bonchev–Trinajstić information content (AvgIpc) is 2.35. The molecule has 1 aromatic rings. The van der Waals surface area contributed by atoms with E-state index in [1.54, 1.807) is 26.2 Å². The van der Waals surface area contributed by atoms with E-state index >= 15 is 0 Å². The number of carbonyl (C=O) groups is 1. The molecule has 0 fully saturated rings. The first-order chi connectivity index (χ1) is 8.04. The molecule has 90 valence electrons. The number of carboxylic acid groups (broad SMARTS) is 1. The summed E-state index contributed by atoms with van der Waals surface area (Å²) in [7, 11) is 1.55. The molecule has 0 aliphatic heterocycles. The van der Waals surface area contributed by atoms with Gasteiger partial charge in [0.2, 0.25) is 0 Å². The predicted molar refractivity (Wildman–Crippen MR) is 67.7 cm³/mol. The molecule has 1 unspecified atom stereocenters. The van der Waals surface area contributed by atoms with Crippen LogP contribution in [0.4, 0.5) is 0 Å². The molecular formula is C14H16O3. The largest absolute Gasteiger partial charge is 0.497 e. The minimum Gasteiger partial charge on any atom is -0.497 e. The number of rotatable bonds is 5. The molecule has 3 nitrogen and oxygen atoms in total. The van der Waals surface area contributed by atoms with E-state index in [1.165, 1.54) is 0 Å². The van der Waals surface area contributed by atoms with Crippen LogP contribution in [0.1, 0.15) is 24.0 Å². The number of allylic oxidation sites excluding steroid dienone is 1. The Morgan fingerprint density at radius 3 is 2.82 bits per heavy atom. The second kappa shape index (κ2) is 5.89. The Bertz CT molecular complexity index is 447. The summed E-state index contributed by atoms with van der Waals surface area (Å²) >= 11 is 0. The van der Waals surface area contributed by atoms with Crippen molar-refractivity contribution in [3.63, 3.8) is 0 Å². The monoisotopic (exact) mass is 232 g/mol. The molecule has 0 heterocycles. The Morgan fingerprint density at radius 2 is 2.24 bits per heavy atom. The van der Waals surface area contributed by atoms with Crippen molar-refractivity contribution in [1.29, 1.82) is 0 Å². The molecule has 3 heteroatoms. The predicted octanol–water partition coefficient (Wildman–Crippen LogP) is 3.05. The topological polar surface area (TPSA) is 46.5 Å². The van der Waals surface area contributed by atoms with Gasteiger partial charge in [-0.3, -0.25) is 4.79 Å². The molecule has 0 aliphatic rings. The highest BCUT2D eigenvalue weighted by Gasteiger charge is 2.12. The van der Waals surface area contributed by atoms with Crippen LogP contribution in [0.25, 0.3) is 6.08 Å². The van der Waals surface area contributed by atoms with E-state index in [-0.39, 0.29) is 0 Å². The van der Waals surface area contributed by atoms with Crippen molar-refractivity contribution in [2.24, 2.45) is 0 Å². The maximum absolute atomic E-state index is 10.9. The van der Waals surface area contributed by atoms with Crippen LogP contribution in [0, 0.1) is 0 Å². The third kappa shape index (κ3) is 3.79. The normalized spacial score (nSPS) is 12.4. The number of benzene rings is 1. The van der Waals surface area contributed by atoms with Crippen LogP contribution in [0.2, 0.25) is 0 Å². The lowest BCUT2D eigenvalue weighted by Crippen LogP contribution is -2.07. The summed E-state index contributed by atoms with van der Waals surface area (Å²) < 4.78 is 4.91. The van der Waals surface area contributed by atoms with Gasteiger partial charge in [0.1, 0.15) is 5.76 Å². The molecule has 0 radical (unpaired) electrons. The van der Waals surface area contributed by atoms with Crippen LogP contribution in [0.5, 0.6) is 0 Å². The molecule has 1 rings (SSSR count). The van der Waals surface area contributed by atoms with E-state index in [0.717, 1.165) is 11.1 Å². The van der Waals surface area contributed by atoms with Gasteiger partial charge in [0.05, 0.1) is 13.0 Å². The highest BCUT2D eigenvalue weighted by atomic mass is 16.5. The van der Waals surface area contributed by atoms with E-state index in [4.69, 9.17) is 9.84 Å².